The molecule has 1 aliphatic rings. The van der Waals surface area contributed by atoms with E-state index in [0.29, 0.717) is 54.7 Å². The van der Waals surface area contributed by atoms with Crippen LogP contribution in [0.3, 0.4) is 0 Å². The Hall–Kier alpha value is -5.25. The van der Waals surface area contributed by atoms with Gasteiger partial charge in [-0.05, 0) is 68.9 Å². The molecule has 48 heavy (non-hydrogen) atoms. The molecule has 6 rings (SSSR count). The normalized spacial score (nSPS) is 13.8. The Morgan fingerprint density at radius 3 is 2.10 bits per heavy atom. The van der Waals surface area contributed by atoms with Gasteiger partial charge in [-0.1, -0.05) is 66.7 Å². The quantitative estimate of drug-likeness (QED) is 0.162. The summed E-state index contributed by atoms with van der Waals surface area (Å²) in [5, 5.41) is 0. The van der Waals surface area contributed by atoms with Crippen LogP contribution in [0.5, 0.6) is 17.5 Å². The molecular formula is C38H42N4O6. The maximum absolute atomic E-state index is 13.9. The van der Waals surface area contributed by atoms with Gasteiger partial charge in [-0.25, -0.2) is 9.59 Å². The highest BCUT2D eigenvalue weighted by Gasteiger charge is 2.28. The van der Waals surface area contributed by atoms with E-state index in [4.69, 9.17) is 23.9 Å². The SMILES string of the molecule is Cn1c(=O)n(-c2ccc(OCc3ccccc3)nc2OCc2ccccc2)c2cccc(OCC3CCN(C(=O)OC(C)(C)C)CC3)c21. The van der Waals surface area contributed by atoms with Crippen molar-refractivity contribution in [1.82, 2.24) is 19.0 Å². The minimum Gasteiger partial charge on any atom is -0.491 e. The second-order valence-corrected chi connectivity index (χ2v) is 13.0. The number of aromatic nitrogens is 3. The first kappa shape index (κ1) is 32.7. The van der Waals surface area contributed by atoms with Crippen molar-refractivity contribution in [1.29, 1.82) is 0 Å². The van der Waals surface area contributed by atoms with Crippen LogP contribution in [0, 0.1) is 5.92 Å². The van der Waals surface area contributed by atoms with Gasteiger partial charge < -0.3 is 23.8 Å². The van der Waals surface area contributed by atoms with Crippen LogP contribution in [0.15, 0.2) is 95.8 Å². The lowest BCUT2D eigenvalue weighted by atomic mass is 9.98. The van der Waals surface area contributed by atoms with Crippen LogP contribution in [0.2, 0.25) is 0 Å². The number of imidazole rings is 1. The van der Waals surface area contributed by atoms with E-state index in [1.165, 1.54) is 0 Å². The largest absolute Gasteiger partial charge is 0.491 e. The number of pyridine rings is 1. The van der Waals surface area contributed by atoms with Gasteiger partial charge in [0.25, 0.3) is 0 Å². The summed E-state index contributed by atoms with van der Waals surface area (Å²) in [7, 11) is 1.74. The van der Waals surface area contributed by atoms with E-state index in [9.17, 15) is 9.59 Å². The topological polar surface area (TPSA) is 97.0 Å². The predicted octanol–water partition coefficient (Wildman–Crippen LogP) is 6.91. The van der Waals surface area contributed by atoms with E-state index >= 15 is 0 Å². The monoisotopic (exact) mass is 650 g/mol. The lowest BCUT2D eigenvalue weighted by Crippen LogP contribution is -2.42. The van der Waals surface area contributed by atoms with Gasteiger partial charge in [-0.2, -0.15) is 4.98 Å². The first-order valence-corrected chi connectivity index (χ1v) is 16.3. The Bertz CT molecular complexity index is 1910. The number of carbonyl (C=O) groups is 1. The average Bonchev–Trinajstić information content (AvgIpc) is 3.35. The number of likely N-dealkylation sites (tertiary alicyclic amines) is 1. The molecule has 0 spiro atoms. The predicted molar refractivity (Wildman–Crippen MR) is 184 cm³/mol. The fraction of sp³-hybridized carbons (Fsp3) is 0.342. The fourth-order valence-corrected chi connectivity index (χ4v) is 5.77. The van der Waals surface area contributed by atoms with Crippen LogP contribution in [-0.2, 0) is 25.0 Å². The summed E-state index contributed by atoms with van der Waals surface area (Å²) in [4.78, 5) is 32.8. The van der Waals surface area contributed by atoms with Crippen molar-refractivity contribution in [2.75, 3.05) is 19.7 Å². The van der Waals surface area contributed by atoms with Gasteiger partial charge in [-0.15, -0.1) is 0 Å². The number of nitrogens with zero attached hydrogens (tertiary/aromatic N) is 4. The van der Waals surface area contributed by atoms with Crippen molar-refractivity contribution in [3.05, 3.63) is 113 Å². The van der Waals surface area contributed by atoms with Gasteiger partial charge in [0, 0.05) is 26.2 Å². The number of aryl methyl sites for hydroxylation is 1. The molecule has 0 radical (unpaired) electrons. The number of para-hydroxylation sites is 1. The van der Waals surface area contributed by atoms with Crippen molar-refractivity contribution in [3.63, 3.8) is 0 Å². The highest BCUT2D eigenvalue weighted by atomic mass is 16.6. The van der Waals surface area contributed by atoms with Crippen molar-refractivity contribution in [3.8, 4) is 23.2 Å². The molecule has 0 aliphatic carbocycles. The molecule has 1 amide bonds. The Morgan fingerprint density at radius 1 is 0.812 bits per heavy atom. The van der Waals surface area contributed by atoms with Crippen LogP contribution < -0.4 is 19.9 Å². The Balaban J connectivity index is 1.24. The van der Waals surface area contributed by atoms with Crippen molar-refractivity contribution >= 4 is 17.1 Å². The minimum atomic E-state index is -0.523. The summed E-state index contributed by atoms with van der Waals surface area (Å²) in [5.41, 5.74) is 3.05. The molecule has 3 heterocycles. The summed E-state index contributed by atoms with van der Waals surface area (Å²) in [5.74, 6) is 1.55. The number of hydrogen-bond acceptors (Lipinski definition) is 7. The minimum absolute atomic E-state index is 0.254. The van der Waals surface area contributed by atoms with E-state index in [2.05, 4.69) is 0 Å². The Labute approximate surface area is 280 Å². The zero-order chi connectivity index (χ0) is 33.7. The Kier molecular flexibility index (Phi) is 9.70. The smallest absolute Gasteiger partial charge is 0.410 e. The van der Waals surface area contributed by atoms with Gasteiger partial charge in [-0.3, -0.25) is 9.13 Å². The van der Waals surface area contributed by atoms with Crippen LogP contribution in [0.1, 0.15) is 44.7 Å². The van der Waals surface area contributed by atoms with Crippen LogP contribution in [-0.4, -0.2) is 50.4 Å². The number of fused-ring (bicyclic) bond motifs is 1. The summed E-state index contributed by atoms with van der Waals surface area (Å²) in [6.45, 7) is 7.94. The summed E-state index contributed by atoms with van der Waals surface area (Å²) >= 11 is 0. The number of benzene rings is 3. The second kappa shape index (κ2) is 14.3. The van der Waals surface area contributed by atoms with Gasteiger partial charge in [0.1, 0.15) is 35.8 Å². The molecule has 2 aromatic heterocycles. The van der Waals surface area contributed by atoms with Gasteiger partial charge >= 0.3 is 11.8 Å². The number of piperidine rings is 1. The number of amides is 1. The molecule has 3 aromatic carbocycles. The second-order valence-electron chi connectivity index (χ2n) is 13.0. The lowest BCUT2D eigenvalue weighted by molar-refractivity contribution is 0.0165. The molecule has 1 fully saturated rings. The first-order valence-electron chi connectivity index (χ1n) is 16.3. The van der Waals surface area contributed by atoms with Gasteiger partial charge in [0.15, 0.2) is 0 Å². The van der Waals surface area contributed by atoms with Crippen LogP contribution in [0.4, 0.5) is 4.79 Å². The van der Waals surface area contributed by atoms with Crippen molar-refractivity contribution < 1.29 is 23.7 Å². The average molecular weight is 651 g/mol. The van der Waals surface area contributed by atoms with Crippen LogP contribution in [0.25, 0.3) is 16.7 Å². The maximum atomic E-state index is 13.9. The third-order valence-electron chi connectivity index (χ3n) is 8.28. The maximum Gasteiger partial charge on any atom is 0.410 e. The van der Waals surface area contributed by atoms with E-state index in [0.717, 1.165) is 24.0 Å². The molecule has 5 aromatic rings. The molecule has 1 saturated heterocycles. The Morgan fingerprint density at radius 2 is 1.46 bits per heavy atom. The summed E-state index contributed by atoms with van der Waals surface area (Å²) < 4.78 is 27.4. The summed E-state index contributed by atoms with van der Waals surface area (Å²) in [6, 6.07) is 28.9. The molecule has 0 unspecified atom stereocenters. The molecule has 0 atom stereocenters. The lowest BCUT2D eigenvalue weighted by Gasteiger charge is -2.33. The molecule has 250 valence electrons. The van der Waals surface area contributed by atoms with Crippen molar-refractivity contribution in [2.45, 2.75) is 52.4 Å². The van der Waals surface area contributed by atoms with Crippen LogP contribution >= 0.6 is 0 Å². The number of carbonyl (C=O) groups excluding carboxylic acids is 1. The van der Waals surface area contributed by atoms with E-state index in [1.54, 1.807) is 33.2 Å². The number of hydrogen-bond donors (Lipinski definition) is 0. The number of ether oxygens (including phenoxy) is 4. The molecular weight excluding hydrogens is 608 g/mol. The highest BCUT2D eigenvalue weighted by Crippen LogP contribution is 2.32. The van der Waals surface area contributed by atoms with Crippen molar-refractivity contribution in [2.24, 2.45) is 13.0 Å². The number of rotatable bonds is 10. The molecule has 1 aliphatic heterocycles. The van der Waals surface area contributed by atoms with E-state index in [-0.39, 0.29) is 30.2 Å². The summed E-state index contributed by atoms with van der Waals surface area (Å²) in [6.07, 6.45) is 1.34. The molecule has 0 saturated carbocycles. The molecule has 10 heteroatoms. The zero-order valence-electron chi connectivity index (χ0n) is 27.9. The standard InChI is InChI=1S/C38H42N4O6/c1-38(2,3)48-37(44)41-22-20-29(21-23-41)24-45-32-17-11-16-30-34(32)40(4)36(43)42(30)31-18-19-33(46-25-27-12-7-5-8-13-27)39-35(31)47-26-28-14-9-6-10-15-28/h5-19,29H,20-26H2,1-4H3. The van der Waals surface area contributed by atoms with Gasteiger partial charge in [0.2, 0.25) is 11.8 Å². The van der Waals surface area contributed by atoms with E-state index < -0.39 is 5.60 Å². The third kappa shape index (κ3) is 7.65. The fourth-order valence-electron chi connectivity index (χ4n) is 5.77. The third-order valence-corrected chi connectivity index (χ3v) is 8.28. The van der Waals surface area contributed by atoms with Gasteiger partial charge in [0.05, 0.1) is 12.1 Å². The zero-order valence-corrected chi connectivity index (χ0v) is 27.9. The first-order chi connectivity index (χ1) is 23.2. The molecule has 0 N–H and O–H groups in total. The van der Waals surface area contributed by atoms with E-state index in [1.807, 2.05) is 99.6 Å². The molecule has 10 nitrogen and oxygen atoms in total. The highest BCUT2D eigenvalue weighted by molar-refractivity contribution is 5.84. The molecule has 0 bridgehead atoms.